The van der Waals surface area contributed by atoms with E-state index in [0.717, 1.165) is 11.3 Å². The second-order valence-electron chi connectivity index (χ2n) is 3.65. The number of thiophene rings is 1. The first-order chi connectivity index (χ1) is 9.55. The van der Waals surface area contributed by atoms with Gasteiger partial charge < -0.3 is 4.74 Å². The molecule has 0 atom stereocenters. The largest absolute Gasteiger partial charge is 0.478 e. The van der Waals surface area contributed by atoms with Gasteiger partial charge in [0.1, 0.15) is 15.2 Å². The average molecular weight is 309 g/mol. The van der Waals surface area contributed by atoms with Crippen molar-refractivity contribution in [1.29, 1.82) is 5.26 Å². The SMILES string of the molecule is CCOc1ccc(NS(=O)(=O)c2ccc(C#N)s2)cn1. The van der Waals surface area contributed by atoms with Gasteiger partial charge >= 0.3 is 0 Å². The second-order valence-corrected chi connectivity index (χ2v) is 6.65. The Kier molecular flexibility index (Phi) is 4.22. The summed E-state index contributed by atoms with van der Waals surface area (Å²) in [4.78, 5) is 4.31. The number of hydrogen-bond acceptors (Lipinski definition) is 6. The van der Waals surface area contributed by atoms with Crippen LogP contribution >= 0.6 is 11.3 Å². The van der Waals surface area contributed by atoms with Crippen molar-refractivity contribution in [3.8, 4) is 11.9 Å². The summed E-state index contributed by atoms with van der Waals surface area (Å²) in [6, 6.07) is 7.91. The lowest BCUT2D eigenvalue weighted by Gasteiger charge is -2.06. The molecule has 2 heterocycles. The Labute approximate surface area is 120 Å². The van der Waals surface area contributed by atoms with Crippen molar-refractivity contribution in [2.45, 2.75) is 11.1 Å². The Bertz CT molecular complexity index is 730. The van der Waals surface area contributed by atoms with E-state index in [9.17, 15) is 8.42 Å². The highest BCUT2D eigenvalue weighted by Gasteiger charge is 2.17. The maximum Gasteiger partial charge on any atom is 0.271 e. The fourth-order valence-corrected chi connectivity index (χ4v) is 3.55. The summed E-state index contributed by atoms with van der Waals surface area (Å²) in [6.07, 6.45) is 1.38. The monoisotopic (exact) mass is 309 g/mol. The number of nitrogens with one attached hydrogen (secondary N) is 1. The van der Waals surface area contributed by atoms with Gasteiger partial charge in [-0.1, -0.05) is 0 Å². The summed E-state index contributed by atoms with van der Waals surface area (Å²) in [5.41, 5.74) is 0.334. The smallest absolute Gasteiger partial charge is 0.271 e. The highest BCUT2D eigenvalue weighted by molar-refractivity contribution is 7.94. The fourth-order valence-electron chi connectivity index (χ4n) is 1.40. The molecule has 1 N–H and O–H groups in total. The van der Waals surface area contributed by atoms with Gasteiger partial charge in [-0.15, -0.1) is 11.3 Å². The van der Waals surface area contributed by atoms with Crippen LogP contribution in [0.1, 0.15) is 11.8 Å². The molecule has 20 heavy (non-hydrogen) atoms. The Morgan fingerprint density at radius 1 is 1.40 bits per heavy atom. The molecule has 2 aromatic rings. The van der Waals surface area contributed by atoms with Gasteiger partial charge in [-0.3, -0.25) is 4.72 Å². The van der Waals surface area contributed by atoms with E-state index in [4.69, 9.17) is 10.00 Å². The molecule has 6 nitrogen and oxygen atoms in total. The van der Waals surface area contributed by atoms with Crippen molar-refractivity contribution in [3.63, 3.8) is 0 Å². The first-order valence-corrected chi connectivity index (χ1v) is 7.96. The van der Waals surface area contributed by atoms with Gasteiger partial charge in [0, 0.05) is 6.07 Å². The number of hydrogen-bond donors (Lipinski definition) is 1. The molecule has 0 aliphatic rings. The first-order valence-electron chi connectivity index (χ1n) is 5.67. The topological polar surface area (TPSA) is 92.1 Å². The van der Waals surface area contributed by atoms with Crippen LogP contribution in [0.2, 0.25) is 0 Å². The van der Waals surface area contributed by atoms with E-state index in [2.05, 4.69) is 9.71 Å². The van der Waals surface area contributed by atoms with Crippen molar-refractivity contribution in [2.75, 3.05) is 11.3 Å². The molecular formula is C12H11N3O3S2. The number of rotatable bonds is 5. The molecule has 8 heteroatoms. The van der Waals surface area contributed by atoms with Gasteiger partial charge in [0.15, 0.2) is 0 Å². The van der Waals surface area contributed by atoms with Gasteiger partial charge in [-0.25, -0.2) is 13.4 Å². The zero-order chi connectivity index (χ0) is 14.6. The van der Waals surface area contributed by atoms with Crippen LogP contribution in [0.3, 0.4) is 0 Å². The first kappa shape index (κ1) is 14.3. The standard InChI is InChI=1S/C12H11N3O3S2/c1-2-18-11-5-3-9(8-14-11)15-20(16,17)12-6-4-10(7-13)19-12/h3-6,8,15H,2H2,1H3. The van der Waals surface area contributed by atoms with E-state index in [1.54, 1.807) is 12.1 Å². The minimum absolute atomic E-state index is 0.0861. The van der Waals surface area contributed by atoms with Gasteiger partial charge in [0.05, 0.1) is 18.5 Å². The summed E-state index contributed by atoms with van der Waals surface area (Å²) < 4.78 is 31.8. The second kappa shape index (κ2) is 5.90. The molecule has 0 saturated heterocycles. The zero-order valence-electron chi connectivity index (χ0n) is 10.5. The number of sulfonamides is 1. The van der Waals surface area contributed by atoms with Crippen LogP contribution in [-0.2, 0) is 10.0 Å². The van der Waals surface area contributed by atoms with Gasteiger partial charge in [-0.2, -0.15) is 5.26 Å². The molecule has 0 radical (unpaired) electrons. The lowest BCUT2D eigenvalue weighted by molar-refractivity contribution is 0.327. The fraction of sp³-hybridized carbons (Fsp3) is 0.167. The predicted octanol–water partition coefficient (Wildman–Crippen LogP) is 2.21. The Morgan fingerprint density at radius 2 is 2.20 bits per heavy atom. The third-order valence-electron chi connectivity index (χ3n) is 2.24. The molecule has 104 valence electrons. The van der Waals surface area contributed by atoms with Gasteiger partial charge in [0.25, 0.3) is 10.0 Å². The number of ether oxygens (including phenoxy) is 1. The van der Waals surface area contributed by atoms with E-state index in [-0.39, 0.29) is 4.21 Å². The van der Waals surface area contributed by atoms with Crippen molar-refractivity contribution >= 4 is 27.0 Å². The van der Waals surface area contributed by atoms with E-state index in [1.165, 1.54) is 18.3 Å². The molecule has 0 amide bonds. The molecule has 0 bridgehead atoms. The van der Waals surface area contributed by atoms with Crippen molar-refractivity contribution in [1.82, 2.24) is 4.98 Å². The van der Waals surface area contributed by atoms with Crippen LogP contribution in [0.4, 0.5) is 5.69 Å². The van der Waals surface area contributed by atoms with E-state index in [0.29, 0.717) is 23.1 Å². The molecule has 0 spiro atoms. The molecule has 0 aliphatic heterocycles. The summed E-state index contributed by atoms with van der Waals surface area (Å²) in [7, 11) is -3.69. The van der Waals surface area contributed by atoms with E-state index < -0.39 is 10.0 Å². The van der Waals surface area contributed by atoms with Crippen LogP contribution < -0.4 is 9.46 Å². The normalized spacial score (nSPS) is 10.8. The van der Waals surface area contributed by atoms with Gasteiger partial charge in [-0.05, 0) is 25.1 Å². The van der Waals surface area contributed by atoms with E-state index >= 15 is 0 Å². The molecule has 0 saturated carbocycles. The zero-order valence-corrected chi connectivity index (χ0v) is 12.2. The summed E-state index contributed by atoms with van der Waals surface area (Å²) >= 11 is 0.914. The van der Waals surface area contributed by atoms with Crippen LogP contribution in [0.5, 0.6) is 5.88 Å². The minimum Gasteiger partial charge on any atom is -0.478 e. The highest BCUT2D eigenvalue weighted by Crippen LogP contribution is 2.23. The molecule has 0 aliphatic carbocycles. The number of aromatic nitrogens is 1. The Balaban J connectivity index is 2.17. The molecule has 0 fully saturated rings. The van der Waals surface area contributed by atoms with Crippen molar-refractivity contribution in [3.05, 3.63) is 35.3 Å². The van der Waals surface area contributed by atoms with Crippen molar-refractivity contribution in [2.24, 2.45) is 0 Å². The third kappa shape index (κ3) is 3.26. The maximum atomic E-state index is 12.1. The Morgan fingerprint density at radius 3 is 2.75 bits per heavy atom. The molecule has 0 unspecified atom stereocenters. The maximum absolute atomic E-state index is 12.1. The minimum atomic E-state index is -3.69. The van der Waals surface area contributed by atoms with Crippen molar-refractivity contribution < 1.29 is 13.2 Å². The Hall–Kier alpha value is -2.11. The summed E-state index contributed by atoms with van der Waals surface area (Å²) in [5, 5.41) is 8.71. The van der Waals surface area contributed by atoms with Gasteiger partial charge in [0.2, 0.25) is 5.88 Å². The summed E-state index contributed by atoms with van der Waals surface area (Å²) in [5.74, 6) is 0.429. The highest BCUT2D eigenvalue weighted by atomic mass is 32.2. The number of pyridine rings is 1. The quantitative estimate of drug-likeness (QED) is 0.914. The number of anilines is 1. The van der Waals surface area contributed by atoms with E-state index in [1.807, 2.05) is 13.0 Å². The van der Waals surface area contributed by atoms with Crippen LogP contribution in [0.25, 0.3) is 0 Å². The number of nitriles is 1. The third-order valence-corrected chi connectivity index (χ3v) is 5.10. The lowest BCUT2D eigenvalue weighted by Crippen LogP contribution is -2.11. The summed E-state index contributed by atoms with van der Waals surface area (Å²) in [6.45, 7) is 2.33. The molecular weight excluding hydrogens is 298 g/mol. The van der Waals surface area contributed by atoms with Crippen LogP contribution in [0, 0.1) is 11.3 Å². The average Bonchev–Trinajstić information content (AvgIpc) is 2.91. The molecule has 0 aromatic carbocycles. The predicted molar refractivity (Wildman–Crippen MR) is 75.2 cm³/mol. The number of nitrogens with zero attached hydrogens (tertiary/aromatic N) is 2. The molecule has 2 rings (SSSR count). The van der Waals surface area contributed by atoms with Crippen LogP contribution in [-0.4, -0.2) is 20.0 Å². The molecule has 2 aromatic heterocycles. The lowest BCUT2D eigenvalue weighted by atomic mass is 10.4. The van der Waals surface area contributed by atoms with Crippen LogP contribution in [0.15, 0.2) is 34.7 Å².